The molecule has 2 aromatic carbocycles. The predicted molar refractivity (Wildman–Crippen MR) is 135 cm³/mol. The lowest BCUT2D eigenvalue weighted by atomic mass is 9.99. The summed E-state index contributed by atoms with van der Waals surface area (Å²) < 4.78 is 5.39. The zero-order chi connectivity index (χ0) is 23.5. The molecule has 0 aliphatic heterocycles. The van der Waals surface area contributed by atoms with E-state index in [-0.39, 0.29) is 6.04 Å². The van der Waals surface area contributed by atoms with Crippen molar-refractivity contribution in [3.8, 4) is 5.75 Å². The third kappa shape index (κ3) is 7.84. The van der Waals surface area contributed by atoms with E-state index < -0.39 is 5.97 Å². The molecule has 0 radical (unpaired) electrons. The van der Waals surface area contributed by atoms with Crippen LogP contribution in [0, 0.1) is 11.3 Å². The van der Waals surface area contributed by atoms with Gasteiger partial charge in [0.2, 0.25) is 0 Å². The van der Waals surface area contributed by atoms with Crippen molar-refractivity contribution in [3.63, 3.8) is 0 Å². The zero-order valence-electron chi connectivity index (χ0n) is 19.8. The van der Waals surface area contributed by atoms with Crippen LogP contribution in [-0.4, -0.2) is 11.7 Å². The minimum Gasteiger partial charge on any atom is -0.423 e. The van der Waals surface area contributed by atoms with Crippen molar-refractivity contribution in [2.45, 2.75) is 59.4 Å². The summed E-state index contributed by atoms with van der Waals surface area (Å²) in [7, 11) is 0. The number of anilines is 1. The maximum Gasteiger partial charge on any atom is 0.338 e. The van der Waals surface area contributed by atoms with Crippen molar-refractivity contribution in [3.05, 3.63) is 84.0 Å². The number of hydrogen-bond donors (Lipinski definition) is 2. The predicted octanol–water partition coefficient (Wildman–Crippen LogP) is 7.29. The molecule has 0 aliphatic carbocycles. The van der Waals surface area contributed by atoms with Crippen LogP contribution >= 0.6 is 0 Å². The molecule has 32 heavy (non-hydrogen) atoms. The summed E-state index contributed by atoms with van der Waals surface area (Å²) in [6.45, 7) is 12.0. The summed E-state index contributed by atoms with van der Waals surface area (Å²) in [6.07, 6.45) is 7.17. The number of aryl methyl sites for hydroxylation is 1. The van der Waals surface area contributed by atoms with Gasteiger partial charge in [0.15, 0.2) is 0 Å². The van der Waals surface area contributed by atoms with Gasteiger partial charge in [-0.05, 0) is 60.2 Å². The molecule has 4 nitrogen and oxygen atoms in total. The molecule has 0 aliphatic rings. The number of nitrogens with one attached hydrogen (secondary N) is 2. The fourth-order valence-corrected chi connectivity index (χ4v) is 3.09. The van der Waals surface area contributed by atoms with Gasteiger partial charge in [0, 0.05) is 23.4 Å². The second-order valence-corrected chi connectivity index (χ2v) is 8.14. The Balaban J connectivity index is 2.20. The van der Waals surface area contributed by atoms with Crippen LogP contribution in [0.1, 0.15) is 64.1 Å². The Hall–Kier alpha value is -3.14. The van der Waals surface area contributed by atoms with Crippen LogP contribution in [0.3, 0.4) is 0 Å². The largest absolute Gasteiger partial charge is 0.423 e. The fourth-order valence-electron chi connectivity index (χ4n) is 3.09. The average Bonchev–Trinajstić information content (AvgIpc) is 2.82. The van der Waals surface area contributed by atoms with E-state index in [4.69, 9.17) is 10.1 Å². The zero-order valence-corrected chi connectivity index (χ0v) is 19.8. The highest BCUT2D eigenvalue weighted by Crippen LogP contribution is 2.26. The lowest BCUT2D eigenvalue weighted by Crippen LogP contribution is -2.15. The monoisotopic (exact) mass is 432 g/mol. The average molecular weight is 433 g/mol. The molecule has 0 saturated carbocycles. The van der Waals surface area contributed by atoms with Crippen molar-refractivity contribution in [2.75, 3.05) is 5.32 Å². The van der Waals surface area contributed by atoms with Crippen LogP contribution in [0.25, 0.3) is 0 Å². The fraction of sp³-hybridized carbons (Fsp3) is 0.357. The molecule has 0 amide bonds. The molecular formula is C28H36N2O2. The quantitative estimate of drug-likeness (QED) is 0.160. The first-order chi connectivity index (χ1) is 15.4. The van der Waals surface area contributed by atoms with Gasteiger partial charge in [-0.2, -0.15) is 0 Å². The number of esters is 1. The van der Waals surface area contributed by atoms with Crippen molar-refractivity contribution in [1.82, 2.24) is 0 Å². The lowest BCUT2D eigenvalue weighted by Gasteiger charge is -2.21. The standard InChI is InChI=1S/C28H36N2O2/c1-6-20(4)9-14-24(29)19-27(30-25-15-10-22(8-3)11-16-25)23-12-17-26(18-13-23)32-28(31)21(5)7-2/h9-18,20,27,29-30H,5-8,19H2,1-4H3/b14-9+,29-24?. The number of carbonyl (C=O) groups is 1. The Morgan fingerprint density at radius 3 is 2.31 bits per heavy atom. The van der Waals surface area contributed by atoms with Gasteiger partial charge >= 0.3 is 5.97 Å². The highest BCUT2D eigenvalue weighted by Gasteiger charge is 2.15. The van der Waals surface area contributed by atoms with Crippen LogP contribution in [0.15, 0.2) is 72.8 Å². The molecule has 0 spiro atoms. The van der Waals surface area contributed by atoms with Gasteiger partial charge in [0.25, 0.3) is 0 Å². The molecular weight excluding hydrogens is 396 g/mol. The maximum atomic E-state index is 12.0. The Labute approximate surface area is 192 Å². The number of hydrogen-bond acceptors (Lipinski definition) is 4. The van der Waals surface area contributed by atoms with E-state index in [9.17, 15) is 4.79 Å². The normalized spacial score (nSPS) is 12.9. The summed E-state index contributed by atoms with van der Waals surface area (Å²) in [5.41, 5.74) is 4.35. The van der Waals surface area contributed by atoms with Crippen LogP contribution in [0.4, 0.5) is 5.69 Å². The third-order valence-electron chi connectivity index (χ3n) is 5.61. The van der Waals surface area contributed by atoms with E-state index in [0.29, 0.717) is 35.8 Å². The van der Waals surface area contributed by atoms with E-state index in [1.54, 1.807) is 12.1 Å². The van der Waals surface area contributed by atoms with Crippen LogP contribution < -0.4 is 10.1 Å². The SMILES string of the molecule is C=C(CC)C(=O)Oc1ccc(C(CC(=N)/C=C/C(C)CC)Nc2ccc(CC)cc2)cc1. The molecule has 2 unspecified atom stereocenters. The van der Waals surface area contributed by atoms with E-state index in [0.717, 1.165) is 24.1 Å². The topological polar surface area (TPSA) is 62.2 Å². The molecule has 0 heterocycles. The van der Waals surface area contributed by atoms with Crippen LogP contribution in [0.2, 0.25) is 0 Å². The highest BCUT2D eigenvalue weighted by molar-refractivity contribution is 5.93. The maximum absolute atomic E-state index is 12.0. The number of benzene rings is 2. The molecule has 2 aromatic rings. The second-order valence-electron chi connectivity index (χ2n) is 8.14. The molecule has 2 rings (SSSR count). The molecule has 4 heteroatoms. The summed E-state index contributed by atoms with van der Waals surface area (Å²) in [5, 5.41) is 12.0. The number of ether oxygens (including phenoxy) is 1. The van der Waals surface area contributed by atoms with Crippen molar-refractivity contribution in [1.29, 1.82) is 5.41 Å². The molecule has 0 fully saturated rings. The van der Waals surface area contributed by atoms with Crippen LogP contribution in [-0.2, 0) is 11.2 Å². The van der Waals surface area contributed by atoms with Gasteiger partial charge in [0.05, 0.1) is 6.04 Å². The molecule has 0 bridgehead atoms. The third-order valence-corrected chi connectivity index (χ3v) is 5.61. The Bertz CT molecular complexity index is 927. The first-order valence-electron chi connectivity index (χ1n) is 11.5. The van der Waals surface area contributed by atoms with Gasteiger partial charge in [-0.1, -0.05) is 71.0 Å². The number of rotatable bonds is 12. The van der Waals surface area contributed by atoms with Crippen molar-refractivity contribution >= 4 is 17.4 Å². The van der Waals surface area contributed by atoms with Gasteiger partial charge in [-0.3, -0.25) is 0 Å². The molecule has 2 atom stereocenters. The number of carbonyl (C=O) groups excluding carboxylic acids is 1. The van der Waals surface area contributed by atoms with Gasteiger partial charge in [-0.15, -0.1) is 0 Å². The van der Waals surface area contributed by atoms with Gasteiger partial charge in [-0.25, -0.2) is 4.79 Å². The van der Waals surface area contributed by atoms with Crippen molar-refractivity contribution < 1.29 is 9.53 Å². The van der Waals surface area contributed by atoms with Crippen molar-refractivity contribution in [2.24, 2.45) is 5.92 Å². The number of allylic oxidation sites excluding steroid dienone is 2. The van der Waals surface area contributed by atoms with E-state index in [1.165, 1.54) is 5.56 Å². The molecule has 170 valence electrons. The lowest BCUT2D eigenvalue weighted by molar-refractivity contribution is -0.130. The second kappa shape index (κ2) is 12.7. The molecule has 0 aromatic heterocycles. The minimum absolute atomic E-state index is 0.0769. The van der Waals surface area contributed by atoms with E-state index in [1.807, 2.05) is 25.1 Å². The highest BCUT2D eigenvalue weighted by atomic mass is 16.5. The smallest absolute Gasteiger partial charge is 0.338 e. The first kappa shape index (κ1) is 25.1. The van der Waals surface area contributed by atoms with Crippen LogP contribution in [0.5, 0.6) is 5.75 Å². The Morgan fingerprint density at radius 2 is 1.75 bits per heavy atom. The van der Waals surface area contributed by atoms with Gasteiger partial charge < -0.3 is 15.5 Å². The minimum atomic E-state index is -0.400. The summed E-state index contributed by atoms with van der Waals surface area (Å²) in [6, 6.07) is 15.8. The Morgan fingerprint density at radius 1 is 1.09 bits per heavy atom. The summed E-state index contributed by atoms with van der Waals surface area (Å²) in [5.74, 6) is 0.546. The summed E-state index contributed by atoms with van der Waals surface area (Å²) in [4.78, 5) is 12.0. The first-order valence-corrected chi connectivity index (χ1v) is 11.5. The Kier molecular flexibility index (Phi) is 9.93. The molecule has 2 N–H and O–H groups in total. The van der Waals surface area contributed by atoms with E-state index >= 15 is 0 Å². The van der Waals surface area contributed by atoms with Gasteiger partial charge in [0.1, 0.15) is 5.75 Å². The van der Waals surface area contributed by atoms with E-state index in [2.05, 4.69) is 63.0 Å². The molecule has 0 saturated heterocycles. The summed E-state index contributed by atoms with van der Waals surface area (Å²) >= 11 is 0.